The number of anilines is 2. The predicted octanol–water partition coefficient (Wildman–Crippen LogP) is -2.47. The molecule has 9 atom stereocenters. The van der Waals surface area contributed by atoms with E-state index in [1.54, 1.807) is 0 Å². The number of aliphatic hydroxyl groups is 3. The van der Waals surface area contributed by atoms with Crippen LogP contribution in [-0.4, -0.2) is 102 Å². The molecule has 0 aromatic carbocycles. The first kappa shape index (κ1) is 27.3. The van der Waals surface area contributed by atoms with Crippen LogP contribution in [0.25, 0.3) is 22.3 Å². The fraction of sp³-hybridized carbons (Fsp3) is 0.524. The highest BCUT2D eigenvalue weighted by Gasteiger charge is 2.73. The van der Waals surface area contributed by atoms with Crippen LogP contribution in [0.3, 0.4) is 0 Å². The van der Waals surface area contributed by atoms with E-state index in [-0.39, 0.29) is 40.5 Å². The second-order valence-electron chi connectivity index (χ2n) is 10.2. The molecule has 6 heterocycles. The van der Waals surface area contributed by atoms with Crippen LogP contribution < -0.4 is 17.0 Å². The lowest BCUT2D eigenvalue weighted by Gasteiger charge is -2.27. The van der Waals surface area contributed by atoms with E-state index in [0.717, 1.165) is 0 Å². The number of aromatic nitrogens is 8. The molecule has 3 fully saturated rings. The minimum Gasteiger partial charge on any atom is -0.394 e. The molecule has 1 aliphatic carbocycles. The third-order valence-corrected chi connectivity index (χ3v) is 8.79. The van der Waals surface area contributed by atoms with Crippen molar-refractivity contribution >= 4 is 41.9 Å². The summed E-state index contributed by atoms with van der Waals surface area (Å²) in [6.07, 6.45) is -3.34. The molecule has 0 amide bonds. The van der Waals surface area contributed by atoms with Gasteiger partial charge in [0.1, 0.15) is 35.8 Å². The Morgan fingerprint density at radius 2 is 1.83 bits per heavy atom. The molecular formula is C21H25N10O10P. The molecule has 42 heavy (non-hydrogen) atoms. The standard InChI is InChI=1S/C21H25N10O10P/c22-14-10-15(25-4-24-14)30(5-26-10)18-13(34)12(33)9(39-18)3-38-42(36,37)41-21-1-7(21)8(2-32)40-19(21)31-6-27-11-16(31)28-20(23)29-17(11)35/h4-9,12-13,18-19,32-34H,1-3H2,(H,36,37)(H2,22,24,25)(H3,23,28,29,35)/t7-,8+,9+,12+,13+,18+,19+,21-/m0/s1. The number of aliphatic hydroxyl groups excluding tert-OH is 3. The van der Waals surface area contributed by atoms with Crippen molar-refractivity contribution in [2.75, 3.05) is 24.7 Å². The molecule has 1 unspecified atom stereocenters. The van der Waals surface area contributed by atoms with Crippen LogP contribution in [0.15, 0.2) is 23.8 Å². The monoisotopic (exact) mass is 608 g/mol. The van der Waals surface area contributed by atoms with Crippen molar-refractivity contribution < 1.29 is 43.3 Å². The summed E-state index contributed by atoms with van der Waals surface area (Å²) in [5.41, 5.74) is 9.96. The number of ether oxygens (including phenoxy) is 2. The lowest BCUT2D eigenvalue weighted by molar-refractivity contribution is -0.0891. The number of imidazole rings is 2. The minimum atomic E-state index is -4.88. The van der Waals surface area contributed by atoms with Gasteiger partial charge in [-0.3, -0.25) is 28.0 Å². The highest BCUT2D eigenvalue weighted by Crippen LogP contribution is 2.68. The smallest absolute Gasteiger partial charge is 0.394 e. The molecule has 0 bridgehead atoms. The first-order valence-corrected chi connectivity index (χ1v) is 14.1. The maximum atomic E-state index is 13.2. The Bertz CT molecular complexity index is 1800. The number of H-pyrrole nitrogens is 1. The first-order chi connectivity index (χ1) is 20.0. The van der Waals surface area contributed by atoms with E-state index in [0.29, 0.717) is 0 Å². The molecule has 4 aromatic heterocycles. The zero-order valence-electron chi connectivity index (χ0n) is 21.4. The number of hydrogen-bond donors (Lipinski definition) is 7. The highest BCUT2D eigenvalue weighted by molar-refractivity contribution is 7.47. The molecule has 9 N–H and O–H groups in total. The summed E-state index contributed by atoms with van der Waals surface area (Å²) in [4.78, 5) is 45.5. The number of rotatable bonds is 8. The zero-order valence-corrected chi connectivity index (χ0v) is 22.3. The van der Waals surface area contributed by atoms with Crippen LogP contribution in [0.2, 0.25) is 0 Å². The summed E-state index contributed by atoms with van der Waals surface area (Å²) in [6.45, 7) is -1.06. The fourth-order valence-electron chi connectivity index (χ4n) is 5.69. The van der Waals surface area contributed by atoms with Gasteiger partial charge in [-0.25, -0.2) is 24.5 Å². The van der Waals surface area contributed by atoms with Crippen LogP contribution in [0.4, 0.5) is 11.8 Å². The van der Waals surface area contributed by atoms with E-state index >= 15 is 0 Å². The van der Waals surface area contributed by atoms with E-state index in [2.05, 4.69) is 29.9 Å². The van der Waals surface area contributed by atoms with E-state index in [4.69, 9.17) is 30.0 Å². The Balaban J connectivity index is 1.09. The minimum absolute atomic E-state index is 0.0451. The summed E-state index contributed by atoms with van der Waals surface area (Å²) in [5, 5.41) is 31.1. The Morgan fingerprint density at radius 3 is 2.62 bits per heavy atom. The second-order valence-corrected chi connectivity index (χ2v) is 11.6. The summed E-state index contributed by atoms with van der Waals surface area (Å²) < 4.78 is 38.4. The average molecular weight is 608 g/mol. The van der Waals surface area contributed by atoms with Crippen molar-refractivity contribution in [1.82, 2.24) is 39.0 Å². The van der Waals surface area contributed by atoms with Crippen LogP contribution in [-0.2, 0) is 23.1 Å². The van der Waals surface area contributed by atoms with E-state index in [9.17, 15) is 29.6 Å². The predicted molar refractivity (Wildman–Crippen MR) is 137 cm³/mol. The fourth-order valence-corrected chi connectivity index (χ4v) is 6.81. The van der Waals surface area contributed by atoms with E-state index in [1.807, 2.05) is 0 Å². The van der Waals surface area contributed by atoms with E-state index < -0.39 is 75.0 Å². The van der Waals surface area contributed by atoms with Crippen LogP contribution in [0.5, 0.6) is 0 Å². The number of fused-ring (bicyclic) bond motifs is 3. The molecule has 0 spiro atoms. The zero-order chi connectivity index (χ0) is 29.6. The summed E-state index contributed by atoms with van der Waals surface area (Å²) in [5.74, 6) is -0.577. The van der Waals surface area contributed by atoms with Crippen molar-refractivity contribution in [3.05, 3.63) is 29.3 Å². The molecular weight excluding hydrogens is 583 g/mol. The average Bonchev–Trinajstić information content (AvgIpc) is 3.29. The van der Waals surface area contributed by atoms with Crippen molar-refractivity contribution in [2.45, 2.75) is 48.9 Å². The molecule has 1 saturated carbocycles. The van der Waals surface area contributed by atoms with Gasteiger partial charge >= 0.3 is 7.82 Å². The van der Waals surface area contributed by atoms with Gasteiger partial charge in [-0.2, -0.15) is 4.98 Å². The first-order valence-electron chi connectivity index (χ1n) is 12.6. The third-order valence-electron chi connectivity index (χ3n) is 7.75. The van der Waals surface area contributed by atoms with Crippen LogP contribution >= 0.6 is 7.82 Å². The number of nitrogens with zero attached hydrogens (tertiary/aromatic N) is 7. The second kappa shape index (κ2) is 9.46. The van der Waals surface area contributed by atoms with Gasteiger partial charge in [0, 0.05) is 5.92 Å². The topological polar surface area (TPSA) is 294 Å². The van der Waals surface area contributed by atoms with Gasteiger partial charge in [-0.15, -0.1) is 0 Å². The third kappa shape index (κ3) is 4.11. The van der Waals surface area contributed by atoms with Crippen molar-refractivity contribution in [3.63, 3.8) is 0 Å². The molecule has 224 valence electrons. The number of phosphoric acid groups is 1. The molecule has 4 aromatic rings. The van der Waals surface area contributed by atoms with Gasteiger partial charge in [0.05, 0.1) is 32.0 Å². The Morgan fingerprint density at radius 1 is 1.07 bits per heavy atom. The Labute approximate surface area is 233 Å². The molecule has 2 aliphatic heterocycles. The SMILES string of the molecule is Nc1nc2c(ncn2[C@@H]2O[C@H](CO)[C@@H]3C[C@]32OP(=O)(O)OC[C@H]2O[C@@H](n3cnc4c(N)ncnc43)[C@H](O)[C@@H]2O)c(=O)[nH]1. The lowest BCUT2D eigenvalue weighted by Crippen LogP contribution is -2.34. The molecule has 21 heteroatoms. The van der Waals surface area contributed by atoms with Crippen molar-refractivity contribution in [1.29, 1.82) is 0 Å². The van der Waals surface area contributed by atoms with Gasteiger partial charge in [-0.05, 0) is 6.42 Å². The Kier molecular flexibility index (Phi) is 6.14. The number of nitrogens with two attached hydrogens (primary N) is 2. The lowest BCUT2D eigenvalue weighted by atomic mass is 10.1. The maximum Gasteiger partial charge on any atom is 0.472 e. The quantitative estimate of drug-likeness (QED) is 0.102. The van der Waals surface area contributed by atoms with Crippen LogP contribution in [0, 0.1) is 5.92 Å². The number of phosphoric ester groups is 1. The summed E-state index contributed by atoms with van der Waals surface area (Å²) >= 11 is 0. The largest absolute Gasteiger partial charge is 0.472 e. The number of nitrogens with one attached hydrogen (secondary N) is 1. The van der Waals surface area contributed by atoms with Crippen molar-refractivity contribution in [3.8, 4) is 0 Å². The van der Waals surface area contributed by atoms with Gasteiger partial charge in [0.2, 0.25) is 5.95 Å². The molecule has 2 saturated heterocycles. The Hall–Kier alpha value is -3.59. The van der Waals surface area contributed by atoms with Gasteiger partial charge < -0.3 is 41.2 Å². The molecule has 0 radical (unpaired) electrons. The molecule has 3 aliphatic rings. The maximum absolute atomic E-state index is 13.2. The normalized spacial score (nSPS) is 33.8. The summed E-state index contributed by atoms with van der Waals surface area (Å²) in [6, 6.07) is 0. The highest BCUT2D eigenvalue weighted by atomic mass is 31.2. The van der Waals surface area contributed by atoms with E-state index in [1.165, 1.54) is 28.1 Å². The van der Waals surface area contributed by atoms with Gasteiger partial charge in [0.15, 0.2) is 35.1 Å². The van der Waals surface area contributed by atoms with Gasteiger partial charge in [0.25, 0.3) is 5.56 Å². The number of nitrogen functional groups attached to an aromatic ring is 2. The van der Waals surface area contributed by atoms with Gasteiger partial charge in [-0.1, -0.05) is 0 Å². The molecule has 7 rings (SSSR count). The summed E-state index contributed by atoms with van der Waals surface area (Å²) in [7, 11) is -4.88. The number of hydrogen-bond acceptors (Lipinski definition) is 16. The van der Waals surface area contributed by atoms with Crippen LogP contribution in [0.1, 0.15) is 18.9 Å². The molecule has 20 nitrogen and oxygen atoms in total. The van der Waals surface area contributed by atoms with Crippen molar-refractivity contribution in [2.24, 2.45) is 5.92 Å². The number of aromatic amines is 1.